The molecule has 3 heteroatoms. The second-order valence-electron chi connectivity index (χ2n) is 5.93. The van der Waals surface area contributed by atoms with Gasteiger partial charge in [-0.3, -0.25) is 4.99 Å². The predicted molar refractivity (Wildman–Crippen MR) is 81.7 cm³/mol. The summed E-state index contributed by atoms with van der Waals surface area (Å²) in [7, 11) is 0. The van der Waals surface area contributed by atoms with Crippen LogP contribution < -0.4 is 5.32 Å². The van der Waals surface area contributed by atoms with Crippen LogP contribution >= 0.6 is 11.8 Å². The Morgan fingerprint density at radius 2 is 2.05 bits per heavy atom. The molecule has 2 atom stereocenters. The van der Waals surface area contributed by atoms with E-state index in [0.717, 1.165) is 17.7 Å². The number of hydrogen-bond acceptors (Lipinski definition) is 3. The van der Waals surface area contributed by atoms with Crippen molar-refractivity contribution in [2.75, 3.05) is 6.54 Å². The topological polar surface area (TPSA) is 24.4 Å². The van der Waals surface area contributed by atoms with Crippen molar-refractivity contribution in [3.05, 3.63) is 35.4 Å². The molecule has 0 amide bonds. The molecule has 2 aliphatic carbocycles. The van der Waals surface area contributed by atoms with Crippen molar-refractivity contribution in [2.24, 2.45) is 10.9 Å². The smallest absolute Gasteiger partial charge is 0.157 e. The number of fused-ring (bicyclic) bond motifs is 1. The zero-order valence-electron chi connectivity index (χ0n) is 11.1. The van der Waals surface area contributed by atoms with Crippen molar-refractivity contribution in [3.63, 3.8) is 0 Å². The van der Waals surface area contributed by atoms with Crippen molar-refractivity contribution >= 4 is 16.9 Å². The maximum absolute atomic E-state index is 4.71. The van der Waals surface area contributed by atoms with E-state index in [1.54, 1.807) is 0 Å². The summed E-state index contributed by atoms with van der Waals surface area (Å²) in [6.45, 7) is 1.03. The first-order valence-electron chi connectivity index (χ1n) is 7.45. The normalized spacial score (nSPS) is 29.8. The summed E-state index contributed by atoms with van der Waals surface area (Å²) in [4.78, 5) is 4.71. The molecule has 2 unspecified atom stereocenters. The van der Waals surface area contributed by atoms with Crippen LogP contribution in [-0.4, -0.2) is 17.0 Å². The van der Waals surface area contributed by atoms with Crippen molar-refractivity contribution in [3.8, 4) is 0 Å². The van der Waals surface area contributed by atoms with Gasteiger partial charge in [0.2, 0.25) is 0 Å². The van der Waals surface area contributed by atoms with Crippen LogP contribution in [0.25, 0.3) is 0 Å². The average Bonchev–Trinajstić information content (AvgIpc) is 3.20. The van der Waals surface area contributed by atoms with E-state index in [9.17, 15) is 0 Å². The average molecular weight is 272 g/mol. The molecule has 0 aromatic heterocycles. The highest BCUT2D eigenvalue weighted by molar-refractivity contribution is 8.14. The Kier molecular flexibility index (Phi) is 3.03. The number of amidine groups is 1. The van der Waals surface area contributed by atoms with Crippen molar-refractivity contribution in [1.29, 1.82) is 0 Å². The zero-order valence-corrected chi connectivity index (χ0v) is 12.0. The summed E-state index contributed by atoms with van der Waals surface area (Å²) in [5.41, 5.74) is 3.01. The van der Waals surface area contributed by atoms with Crippen LogP contribution in [-0.2, 0) is 6.42 Å². The van der Waals surface area contributed by atoms with Gasteiger partial charge in [-0.1, -0.05) is 36.0 Å². The fourth-order valence-corrected chi connectivity index (χ4v) is 4.50. The fraction of sp³-hybridized carbons (Fsp3) is 0.562. The van der Waals surface area contributed by atoms with Gasteiger partial charge in [0.15, 0.2) is 5.17 Å². The minimum atomic E-state index is 0.481. The number of thioether (sulfide) groups is 1. The lowest BCUT2D eigenvalue weighted by Gasteiger charge is -2.27. The van der Waals surface area contributed by atoms with Crippen molar-refractivity contribution in [2.45, 2.75) is 43.4 Å². The van der Waals surface area contributed by atoms with E-state index in [2.05, 4.69) is 29.6 Å². The standard InChI is InChI=1S/C16H20N2S/c1-2-6-13-11(4-1)5-3-7-14(13)18-16-17-10-15(19-16)12-8-9-12/h1-2,4,6,12,14-15H,3,5,7-10H2,(H,17,18). The maximum atomic E-state index is 4.71. The zero-order chi connectivity index (χ0) is 12.7. The van der Waals surface area contributed by atoms with Crippen LogP contribution in [0.1, 0.15) is 42.9 Å². The molecule has 1 heterocycles. The predicted octanol–water partition coefficient (Wildman–Crippen LogP) is 3.54. The summed E-state index contributed by atoms with van der Waals surface area (Å²) < 4.78 is 0. The highest BCUT2D eigenvalue weighted by Gasteiger charge is 2.35. The molecule has 1 aliphatic heterocycles. The quantitative estimate of drug-likeness (QED) is 0.890. The van der Waals surface area contributed by atoms with Gasteiger partial charge < -0.3 is 5.32 Å². The lowest BCUT2D eigenvalue weighted by Crippen LogP contribution is -2.28. The van der Waals surface area contributed by atoms with Crippen molar-refractivity contribution in [1.82, 2.24) is 5.32 Å². The van der Waals surface area contributed by atoms with Gasteiger partial charge in [-0.25, -0.2) is 0 Å². The highest BCUT2D eigenvalue weighted by Crippen LogP contribution is 2.42. The summed E-state index contributed by atoms with van der Waals surface area (Å²) in [6.07, 6.45) is 6.61. The largest absolute Gasteiger partial charge is 0.358 e. The molecule has 0 bridgehead atoms. The van der Waals surface area contributed by atoms with Crippen LogP contribution in [0.3, 0.4) is 0 Å². The monoisotopic (exact) mass is 272 g/mol. The minimum absolute atomic E-state index is 0.481. The van der Waals surface area contributed by atoms with Crippen LogP contribution in [0.4, 0.5) is 0 Å². The van der Waals surface area contributed by atoms with Gasteiger partial charge in [-0.15, -0.1) is 0 Å². The third-order valence-electron chi connectivity index (χ3n) is 4.49. The molecule has 3 aliphatic rings. The second-order valence-corrected chi connectivity index (χ2v) is 7.16. The number of nitrogens with zero attached hydrogens (tertiary/aromatic N) is 1. The Balaban J connectivity index is 1.46. The Hall–Kier alpha value is -0.960. The van der Waals surface area contributed by atoms with Gasteiger partial charge in [-0.05, 0) is 49.1 Å². The highest BCUT2D eigenvalue weighted by atomic mass is 32.2. The molecule has 2 nitrogen and oxygen atoms in total. The van der Waals surface area contributed by atoms with E-state index < -0.39 is 0 Å². The van der Waals surface area contributed by atoms with E-state index in [4.69, 9.17) is 4.99 Å². The molecule has 1 aromatic carbocycles. The molecule has 1 aromatic rings. The van der Waals surface area contributed by atoms with Gasteiger partial charge in [0.05, 0.1) is 12.6 Å². The van der Waals surface area contributed by atoms with E-state index in [-0.39, 0.29) is 0 Å². The summed E-state index contributed by atoms with van der Waals surface area (Å²) in [6, 6.07) is 9.36. The van der Waals surface area contributed by atoms with E-state index in [1.165, 1.54) is 48.4 Å². The van der Waals surface area contributed by atoms with Gasteiger partial charge in [0.25, 0.3) is 0 Å². The lowest BCUT2D eigenvalue weighted by molar-refractivity contribution is 0.530. The number of aryl methyl sites for hydroxylation is 1. The number of rotatable bonds is 2. The summed E-state index contributed by atoms with van der Waals surface area (Å²) in [5, 5.41) is 5.66. The SMILES string of the molecule is c1ccc2c(c1)CCCC2NC1=NCC(C2CC2)S1. The van der Waals surface area contributed by atoms with E-state index in [0.29, 0.717) is 6.04 Å². The minimum Gasteiger partial charge on any atom is -0.358 e. The number of nitrogens with one attached hydrogen (secondary N) is 1. The van der Waals surface area contributed by atoms with Crippen LogP contribution in [0.2, 0.25) is 0 Å². The van der Waals surface area contributed by atoms with Crippen LogP contribution in [0, 0.1) is 5.92 Å². The van der Waals surface area contributed by atoms with E-state index >= 15 is 0 Å². The molecule has 0 radical (unpaired) electrons. The number of benzene rings is 1. The molecule has 100 valence electrons. The summed E-state index contributed by atoms with van der Waals surface area (Å²) >= 11 is 1.99. The number of hydrogen-bond donors (Lipinski definition) is 1. The van der Waals surface area contributed by atoms with Crippen LogP contribution in [0.5, 0.6) is 0 Å². The Labute approximate surface area is 119 Å². The first kappa shape index (κ1) is 11.8. The van der Waals surface area contributed by atoms with Crippen molar-refractivity contribution < 1.29 is 0 Å². The first-order chi connectivity index (χ1) is 9.40. The van der Waals surface area contributed by atoms with Crippen LogP contribution in [0.15, 0.2) is 29.3 Å². The maximum Gasteiger partial charge on any atom is 0.157 e. The van der Waals surface area contributed by atoms with Gasteiger partial charge in [0.1, 0.15) is 0 Å². The third kappa shape index (κ3) is 2.40. The third-order valence-corrected chi connectivity index (χ3v) is 5.80. The second kappa shape index (κ2) is 4.86. The molecular weight excluding hydrogens is 252 g/mol. The lowest BCUT2D eigenvalue weighted by atomic mass is 9.88. The van der Waals surface area contributed by atoms with Gasteiger partial charge in [0, 0.05) is 5.25 Å². The molecule has 1 N–H and O–H groups in total. The molecule has 1 fully saturated rings. The first-order valence-corrected chi connectivity index (χ1v) is 8.33. The molecular formula is C16H20N2S. The fourth-order valence-electron chi connectivity index (χ4n) is 3.24. The molecule has 1 saturated carbocycles. The Morgan fingerprint density at radius 1 is 1.16 bits per heavy atom. The van der Waals surface area contributed by atoms with Gasteiger partial charge >= 0.3 is 0 Å². The summed E-state index contributed by atoms with van der Waals surface area (Å²) in [5.74, 6) is 0.951. The Bertz CT molecular complexity index is 507. The molecule has 4 rings (SSSR count). The number of aliphatic imine (C=N–C) groups is 1. The molecule has 19 heavy (non-hydrogen) atoms. The van der Waals surface area contributed by atoms with E-state index in [1.807, 2.05) is 11.8 Å². The molecule has 0 saturated heterocycles. The Morgan fingerprint density at radius 3 is 2.95 bits per heavy atom. The molecule has 0 spiro atoms. The van der Waals surface area contributed by atoms with Gasteiger partial charge in [-0.2, -0.15) is 0 Å².